The van der Waals surface area contributed by atoms with E-state index in [1.807, 2.05) is 18.2 Å². The summed E-state index contributed by atoms with van der Waals surface area (Å²) in [4.78, 5) is 4.31. The molecular formula is C15H15N5S. The normalized spacial score (nSPS) is 10.8. The van der Waals surface area contributed by atoms with E-state index in [4.69, 9.17) is 0 Å². The van der Waals surface area contributed by atoms with Gasteiger partial charge in [-0.15, -0.1) is 5.10 Å². The van der Waals surface area contributed by atoms with Gasteiger partial charge in [-0.05, 0) is 53.6 Å². The number of rotatable bonds is 4. The van der Waals surface area contributed by atoms with Crippen molar-refractivity contribution in [2.45, 2.75) is 24.8 Å². The molecule has 2 heterocycles. The van der Waals surface area contributed by atoms with Crippen molar-refractivity contribution in [2.24, 2.45) is 0 Å². The third-order valence-corrected chi connectivity index (χ3v) is 4.06. The van der Waals surface area contributed by atoms with Crippen LogP contribution in [0.4, 0.5) is 0 Å². The first kappa shape index (κ1) is 13.8. The highest BCUT2D eigenvalue weighted by atomic mass is 32.2. The zero-order chi connectivity index (χ0) is 14.7. The first-order valence-corrected chi connectivity index (χ1v) is 7.61. The fourth-order valence-electron chi connectivity index (χ4n) is 1.99. The maximum atomic E-state index is 4.31. The number of nitrogens with zero attached hydrogens (tertiary/aromatic N) is 5. The molecule has 0 atom stereocenters. The molecule has 0 bridgehead atoms. The smallest absolute Gasteiger partial charge is 0.214 e. The van der Waals surface area contributed by atoms with Crippen molar-refractivity contribution in [3.63, 3.8) is 0 Å². The molecule has 6 heteroatoms. The Bertz CT molecular complexity index is 739. The Morgan fingerprint density at radius 3 is 2.86 bits per heavy atom. The third kappa shape index (κ3) is 3.11. The van der Waals surface area contributed by atoms with Crippen molar-refractivity contribution in [1.29, 1.82) is 0 Å². The van der Waals surface area contributed by atoms with Crippen molar-refractivity contribution in [2.75, 3.05) is 0 Å². The highest BCUT2D eigenvalue weighted by molar-refractivity contribution is 7.98. The minimum atomic E-state index is 0.742. The highest BCUT2D eigenvalue weighted by Gasteiger charge is 2.11. The summed E-state index contributed by atoms with van der Waals surface area (Å²) in [5.74, 6) is 0.742. The molecule has 3 rings (SSSR count). The Hall–Kier alpha value is -2.21. The predicted molar refractivity (Wildman–Crippen MR) is 82.4 cm³/mol. The van der Waals surface area contributed by atoms with E-state index < -0.39 is 0 Å². The van der Waals surface area contributed by atoms with Crippen molar-refractivity contribution in [1.82, 2.24) is 25.2 Å². The predicted octanol–water partition coefficient (Wildman–Crippen LogP) is 2.97. The molecular weight excluding hydrogens is 282 g/mol. The van der Waals surface area contributed by atoms with Crippen molar-refractivity contribution >= 4 is 11.8 Å². The molecule has 0 saturated heterocycles. The van der Waals surface area contributed by atoms with Crippen LogP contribution in [0.2, 0.25) is 0 Å². The van der Waals surface area contributed by atoms with Crippen LogP contribution in [-0.4, -0.2) is 25.2 Å². The van der Waals surface area contributed by atoms with Crippen molar-refractivity contribution in [3.05, 3.63) is 59.4 Å². The van der Waals surface area contributed by atoms with Crippen LogP contribution in [-0.2, 0) is 5.75 Å². The van der Waals surface area contributed by atoms with Gasteiger partial charge >= 0.3 is 0 Å². The second kappa shape index (κ2) is 6.05. The maximum Gasteiger partial charge on any atom is 0.214 e. The van der Waals surface area contributed by atoms with Crippen LogP contribution < -0.4 is 0 Å². The molecule has 0 unspecified atom stereocenters. The van der Waals surface area contributed by atoms with E-state index >= 15 is 0 Å². The van der Waals surface area contributed by atoms with Gasteiger partial charge in [0.15, 0.2) is 0 Å². The van der Waals surface area contributed by atoms with Gasteiger partial charge in [-0.1, -0.05) is 30.0 Å². The van der Waals surface area contributed by atoms with Gasteiger partial charge in [-0.25, -0.2) is 0 Å². The summed E-state index contributed by atoms with van der Waals surface area (Å²) in [5.41, 5.74) is 4.36. The molecule has 0 radical (unpaired) electrons. The summed E-state index contributed by atoms with van der Waals surface area (Å²) in [6.07, 6.45) is 1.80. The number of tetrazole rings is 1. The van der Waals surface area contributed by atoms with E-state index in [2.05, 4.69) is 52.6 Å². The summed E-state index contributed by atoms with van der Waals surface area (Å²) in [6, 6.07) is 12.2. The van der Waals surface area contributed by atoms with E-state index in [9.17, 15) is 0 Å². The molecule has 0 spiro atoms. The molecule has 2 aromatic heterocycles. The average molecular weight is 297 g/mol. The lowest BCUT2D eigenvalue weighted by molar-refractivity contribution is 0.751. The number of hydrogen-bond donors (Lipinski definition) is 0. The SMILES string of the molecule is Cc1ccc(C)c(-n2nnnc2SCc2ccccn2)c1. The minimum Gasteiger partial charge on any atom is -0.260 e. The first-order chi connectivity index (χ1) is 10.2. The Labute approximate surface area is 127 Å². The van der Waals surface area contributed by atoms with Gasteiger partial charge < -0.3 is 0 Å². The molecule has 0 N–H and O–H groups in total. The standard InChI is InChI=1S/C15H15N5S/c1-11-6-7-12(2)14(9-11)20-15(17-18-19-20)21-10-13-5-3-4-8-16-13/h3-9H,10H2,1-2H3. The molecule has 0 saturated carbocycles. The maximum absolute atomic E-state index is 4.31. The minimum absolute atomic E-state index is 0.742. The fraction of sp³-hybridized carbons (Fsp3) is 0.200. The number of aryl methyl sites for hydroxylation is 2. The van der Waals surface area contributed by atoms with E-state index in [0.717, 1.165) is 27.9 Å². The molecule has 106 valence electrons. The van der Waals surface area contributed by atoms with Crippen LogP contribution in [0.5, 0.6) is 0 Å². The van der Waals surface area contributed by atoms with Gasteiger partial charge in [0, 0.05) is 11.9 Å². The Balaban J connectivity index is 1.86. The molecule has 3 aromatic rings. The number of benzene rings is 1. The van der Waals surface area contributed by atoms with Crippen LogP contribution in [0.1, 0.15) is 16.8 Å². The van der Waals surface area contributed by atoms with E-state index in [0.29, 0.717) is 0 Å². The van der Waals surface area contributed by atoms with Gasteiger partial charge in [0.05, 0.1) is 11.4 Å². The Morgan fingerprint density at radius 1 is 1.14 bits per heavy atom. The summed E-state index contributed by atoms with van der Waals surface area (Å²) < 4.78 is 1.79. The van der Waals surface area contributed by atoms with Crippen LogP contribution in [0, 0.1) is 13.8 Å². The molecule has 21 heavy (non-hydrogen) atoms. The van der Waals surface area contributed by atoms with E-state index in [-0.39, 0.29) is 0 Å². The fourth-order valence-corrected chi connectivity index (χ4v) is 2.79. The zero-order valence-corrected chi connectivity index (χ0v) is 12.7. The second-order valence-electron chi connectivity index (χ2n) is 4.77. The van der Waals surface area contributed by atoms with E-state index in [1.165, 1.54) is 5.56 Å². The summed E-state index contributed by atoms with van der Waals surface area (Å²) in [7, 11) is 0. The summed E-state index contributed by atoms with van der Waals surface area (Å²) in [5, 5.41) is 12.8. The third-order valence-electron chi connectivity index (χ3n) is 3.11. The number of thioether (sulfide) groups is 1. The second-order valence-corrected chi connectivity index (χ2v) is 5.72. The molecule has 0 amide bonds. The monoisotopic (exact) mass is 297 g/mol. The number of aromatic nitrogens is 5. The van der Waals surface area contributed by atoms with Gasteiger partial charge in [0.25, 0.3) is 0 Å². The van der Waals surface area contributed by atoms with Gasteiger partial charge in [0.1, 0.15) is 0 Å². The van der Waals surface area contributed by atoms with Gasteiger partial charge in [0.2, 0.25) is 5.16 Å². The van der Waals surface area contributed by atoms with Crippen LogP contribution >= 0.6 is 11.8 Å². The quantitative estimate of drug-likeness (QED) is 0.693. The number of hydrogen-bond acceptors (Lipinski definition) is 5. The van der Waals surface area contributed by atoms with Gasteiger partial charge in [-0.2, -0.15) is 4.68 Å². The molecule has 0 fully saturated rings. The largest absolute Gasteiger partial charge is 0.260 e. The van der Waals surface area contributed by atoms with Crippen LogP contribution in [0.25, 0.3) is 5.69 Å². The lowest BCUT2D eigenvalue weighted by Gasteiger charge is -2.08. The lowest BCUT2D eigenvalue weighted by Crippen LogP contribution is -2.02. The molecule has 0 aliphatic carbocycles. The Kier molecular flexibility index (Phi) is 3.96. The molecule has 1 aromatic carbocycles. The topological polar surface area (TPSA) is 56.5 Å². The van der Waals surface area contributed by atoms with Gasteiger partial charge in [-0.3, -0.25) is 4.98 Å². The average Bonchev–Trinajstić information content (AvgIpc) is 2.97. The van der Waals surface area contributed by atoms with Crippen LogP contribution in [0.3, 0.4) is 0 Å². The van der Waals surface area contributed by atoms with Crippen molar-refractivity contribution in [3.8, 4) is 5.69 Å². The Morgan fingerprint density at radius 2 is 2.05 bits per heavy atom. The van der Waals surface area contributed by atoms with Crippen molar-refractivity contribution < 1.29 is 0 Å². The summed E-state index contributed by atoms with van der Waals surface area (Å²) >= 11 is 1.58. The number of pyridine rings is 1. The summed E-state index contributed by atoms with van der Waals surface area (Å²) in [6.45, 7) is 4.12. The molecule has 0 aliphatic heterocycles. The van der Waals surface area contributed by atoms with Crippen LogP contribution in [0.15, 0.2) is 47.8 Å². The lowest BCUT2D eigenvalue weighted by atomic mass is 10.1. The molecule has 0 aliphatic rings. The zero-order valence-electron chi connectivity index (χ0n) is 11.9. The first-order valence-electron chi connectivity index (χ1n) is 6.63. The molecule has 5 nitrogen and oxygen atoms in total. The van der Waals surface area contributed by atoms with E-state index in [1.54, 1.807) is 22.6 Å². The highest BCUT2D eigenvalue weighted by Crippen LogP contribution is 2.23.